The Hall–Kier alpha value is -3.43. The SMILES string of the molecule is Cc1cc(-c2cnc3c(NCc4ccc(S(N)(=O)=O)cc4)nccn23)cc(C)c1O. The normalized spacial score (nSPS) is 11.7. The van der Waals surface area contributed by atoms with Gasteiger partial charge in [-0.05, 0) is 54.8 Å². The Morgan fingerprint density at radius 2 is 1.77 bits per heavy atom. The molecule has 0 radical (unpaired) electrons. The minimum atomic E-state index is -3.71. The third kappa shape index (κ3) is 3.72. The van der Waals surface area contributed by atoms with Crippen molar-refractivity contribution >= 4 is 21.5 Å². The smallest absolute Gasteiger partial charge is 0.238 e. The first-order chi connectivity index (χ1) is 14.2. The highest BCUT2D eigenvalue weighted by Gasteiger charge is 2.13. The van der Waals surface area contributed by atoms with E-state index in [-0.39, 0.29) is 4.90 Å². The first-order valence-electron chi connectivity index (χ1n) is 9.22. The predicted molar refractivity (Wildman–Crippen MR) is 115 cm³/mol. The van der Waals surface area contributed by atoms with E-state index in [0.29, 0.717) is 23.8 Å². The molecule has 2 aromatic heterocycles. The van der Waals surface area contributed by atoms with Crippen molar-refractivity contribution in [1.29, 1.82) is 0 Å². The van der Waals surface area contributed by atoms with Crippen LogP contribution < -0.4 is 10.5 Å². The second kappa shape index (κ2) is 7.43. The minimum Gasteiger partial charge on any atom is -0.507 e. The highest BCUT2D eigenvalue weighted by Crippen LogP contribution is 2.30. The highest BCUT2D eigenvalue weighted by molar-refractivity contribution is 7.89. The molecule has 8 nitrogen and oxygen atoms in total. The Morgan fingerprint density at radius 3 is 2.40 bits per heavy atom. The summed E-state index contributed by atoms with van der Waals surface area (Å²) >= 11 is 0. The van der Waals surface area contributed by atoms with E-state index < -0.39 is 10.0 Å². The maximum atomic E-state index is 11.4. The first kappa shape index (κ1) is 19.9. The lowest BCUT2D eigenvalue weighted by Crippen LogP contribution is -2.12. The summed E-state index contributed by atoms with van der Waals surface area (Å²) in [5, 5.41) is 18.4. The van der Waals surface area contributed by atoms with Gasteiger partial charge in [-0.25, -0.2) is 23.5 Å². The number of phenols is 1. The van der Waals surface area contributed by atoms with E-state index in [4.69, 9.17) is 5.14 Å². The van der Waals surface area contributed by atoms with Gasteiger partial charge < -0.3 is 10.4 Å². The zero-order valence-corrected chi connectivity index (χ0v) is 17.3. The van der Waals surface area contributed by atoms with Crippen LogP contribution in [0.2, 0.25) is 0 Å². The van der Waals surface area contributed by atoms with Gasteiger partial charge in [-0.2, -0.15) is 0 Å². The van der Waals surface area contributed by atoms with E-state index in [1.54, 1.807) is 24.5 Å². The second-order valence-corrected chi connectivity index (χ2v) is 8.68. The Kier molecular flexibility index (Phi) is 4.92. The van der Waals surface area contributed by atoms with E-state index in [1.165, 1.54) is 12.1 Å². The van der Waals surface area contributed by atoms with Crippen molar-refractivity contribution in [2.45, 2.75) is 25.3 Å². The summed E-state index contributed by atoms with van der Waals surface area (Å²) in [6.07, 6.45) is 5.29. The Balaban J connectivity index is 1.62. The molecule has 0 saturated heterocycles. The van der Waals surface area contributed by atoms with Crippen molar-refractivity contribution in [2.24, 2.45) is 5.14 Å². The lowest BCUT2D eigenvalue weighted by atomic mass is 10.0. The molecule has 4 N–H and O–H groups in total. The molecule has 0 saturated carbocycles. The van der Waals surface area contributed by atoms with Gasteiger partial charge in [0.2, 0.25) is 10.0 Å². The van der Waals surface area contributed by atoms with E-state index in [9.17, 15) is 13.5 Å². The number of hydrogen-bond acceptors (Lipinski definition) is 6. The Morgan fingerprint density at radius 1 is 1.10 bits per heavy atom. The molecule has 0 fully saturated rings. The van der Waals surface area contributed by atoms with Crippen LogP contribution in [-0.2, 0) is 16.6 Å². The topological polar surface area (TPSA) is 123 Å². The zero-order valence-electron chi connectivity index (χ0n) is 16.5. The number of nitrogens with two attached hydrogens (primary N) is 1. The van der Waals surface area contributed by atoms with E-state index in [2.05, 4.69) is 15.3 Å². The number of benzene rings is 2. The molecule has 0 amide bonds. The molecule has 0 bridgehead atoms. The summed E-state index contributed by atoms with van der Waals surface area (Å²) in [5.41, 5.74) is 4.98. The predicted octanol–water partition coefficient (Wildman–Crippen LogP) is 2.98. The van der Waals surface area contributed by atoms with Crippen molar-refractivity contribution in [1.82, 2.24) is 14.4 Å². The van der Waals surface area contributed by atoms with Gasteiger partial charge in [-0.1, -0.05) is 12.1 Å². The van der Waals surface area contributed by atoms with Gasteiger partial charge >= 0.3 is 0 Å². The van der Waals surface area contributed by atoms with Gasteiger partial charge in [0, 0.05) is 24.5 Å². The van der Waals surface area contributed by atoms with E-state index >= 15 is 0 Å². The fourth-order valence-electron chi connectivity index (χ4n) is 3.34. The lowest BCUT2D eigenvalue weighted by molar-refractivity contribution is 0.467. The summed E-state index contributed by atoms with van der Waals surface area (Å²) in [7, 11) is -3.71. The molecule has 0 aliphatic rings. The summed E-state index contributed by atoms with van der Waals surface area (Å²) < 4.78 is 24.7. The molecule has 0 aliphatic carbocycles. The molecule has 30 heavy (non-hydrogen) atoms. The number of nitrogens with one attached hydrogen (secondary N) is 1. The highest BCUT2D eigenvalue weighted by atomic mass is 32.2. The van der Waals surface area contributed by atoms with Gasteiger partial charge in [0.25, 0.3) is 0 Å². The number of aryl methyl sites for hydroxylation is 2. The van der Waals surface area contributed by atoms with E-state index in [1.807, 2.05) is 36.6 Å². The van der Waals surface area contributed by atoms with Crippen molar-refractivity contribution in [3.8, 4) is 17.0 Å². The van der Waals surface area contributed by atoms with Crippen LogP contribution >= 0.6 is 0 Å². The number of fused-ring (bicyclic) bond motifs is 1. The molecular formula is C21H21N5O3S. The van der Waals surface area contributed by atoms with Gasteiger partial charge in [-0.15, -0.1) is 0 Å². The summed E-state index contributed by atoms with van der Waals surface area (Å²) in [6.45, 7) is 4.17. The summed E-state index contributed by atoms with van der Waals surface area (Å²) in [5.74, 6) is 0.900. The maximum Gasteiger partial charge on any atom is 0.238 e. The van der Waals surface area contributed by atoms with Gasteiger partial charge in [0.05, 0.1) is 16.8 Å². The number of aromatic hydroxyl groups is 1. The van der Waals surface area contributed by atoms with Gasteiger partial charge in [0.1, 0.15) is 5.75 Å². The van der Waals surface area contributed by atoms with Crippen LogP contribution in [0.5, 0.6) is 5.75 Å². The van der Waals surface area contributed by atoms with Crippen LogP contribution in [0.3, 0.4) is 0 Å². The lowest BCUT2D eigenvalue weighted by Gasteiger charge is -2.10. The number of rotatable bonds is 5. The summed E-state index contributed by atoms with van der Waals surface area (Å²) in [6, 6.07) is 10.2. The van der Waals surface area contributed by atoms with Crippen LogP contribution in [0.25, 0.3) is 16.9 Å². The number of imidazole rings is 1. The average molecular weight is 423 g/mol. The Labute approximate surface area is 174 Å². The van der Waals surface area contributed by atoms with Crippen molar-refractivity contribution in [3.63, 3.8) is 0 Å². The molecule has 0 unspecified atom stereocenters. The molecule has 0 aliphatic heterocycles. The molecule has 154 valence electrons. The number of sulfonamides is 1. The number of hydrogen-bond donors (Lipinski definition) is 3. The standard InChI is InChI=1S/C21H21N5O3S/c1-13-9-16(10-14(2)19(13)27)18-12-25-21-20(23-7-8-26(18)21)24-11-15-3-5-17(6-4-15)30(22,28)29/h3-10,12,27H,11H2,1-2H3,(H,23,24)(H2,22,28,29). The fourth-order valence-corrected chi connectivity index (χ4v) is 3.86. The van der Waals surface area contributed by atoms with Crippen molar-refractivity contribution in [2.75, 3.05) is 5.32 Å². The van der Waals surface area contributed by atoms with Gasteiger partial charge in [-0.3, -0.25) is 4.40 Å². The molecule has 4 rings (SSSR count). The third-order valence-electron chi connectivity index (χ3n) is 4.93. The van der Waals surface area contributed by atoms with Gasteiger partial charge in [0.15, 0.2) is 11.5 Å². The number of nitrogens with zero attached hydrogens (tertiary/aromatic N) is 3. The molecule has 4 aromatic rings. The number of primary sulfonamides is 1. The van der Waals surface area contributed by atoms with Crippen molar-refractivity contribution in [3.05, 3.63) is 71.7 Å². The largest absolute Gasteiger partial charge is 0.507 e. The van der Waals surface area contributed by atoms with Crippen LogP contribution in [0.4, 0.5) is 5.82 Å². The fraction of sp³-hybridized carbons (Fsp3) is 0.143. The van der Waals surface area contributed by atoms with Crippen molar-refractivity contribution < 1.29 is 13.5 Å². The summed E-state index contributed by atoms with van der Waals surface area (Å²) in [4.78, 5) is 8.97. The zero-order chi connectivity index (χ0) is 21.5. The van der Waals surface area contributed by atoms with Crippen LogP contribution in [0, 0.1) is 13.8 Å². The maximum absolute atomic E-state index is 11.4. The molecule has 0 spiro atoms. The molecule has 0 atom stereocenters. The third-order valence-corrected chi connectivity index (χ3v) is 5.86. The monoisotopic (exact) mass is 423 g/mol. The van der Waals surface area contributed by atoms with Crippen LogP contribution in [-0.4, -0.2) is 27.9 Å². The Bertz CT molecular complexity index is 1320. The van der Waals surface area contributed by atoms with Crippen LogP contribution in [0.1, 0.15) is 16.7 Å². The minimum absolute atomic E-state index is 0.0730. The van der Waals surface area contributed by atoms with Crippen LogP contribution in [0.15, 0.2) is 59.9 Å². The molecule has 2 heterocycles. The average Bonchev–Trinajstić information content (AvgIpc) is 3.14. The molecule has 9 heteroatoms. The second-order valence-electron chi connectivity index (χ2n) is 7.11. The number of anilines is 1. The molecular weight excluding hydrogens is 402 g/mol. The quantitative estimate of drug-likeness (QED) is 0.454. The van der Waals surface area contributed by atoms with E-state index in [0.717, 1.165) is 27.9 Å². The first-order valence-corrected chi connectivity index (χ1v) is 10.8. The number of phenolic OH excluding ortho intramolecular Hbond substituents is 1. The number of aromatic nitrogens is 3. The molecule has 2 aromatic carbocycles.